The van der Waals surface area contributed by atoms with Crippen LogP contribution in [0.3, 0.4) is 0 Å². The highest BCUT2D eigenvalue weighted by Gasteiger charge is 2.12. The summed E-state index contributed by atoms with van der Waals surface area (Å²) >= 11 is 4.50. The molecule has 0 N–H and O–H groups in total. The van der Waals surface area contributed by atoms with Gasteiger partial charge in [-0.2, -0.15) is 4.99 Å². The Bertz CT molecular complexity index is 1090. The number of nitrogens with zero attached hydrogens (tertiary/aromatic N) is 3. The van der Waals surface area contributed by atoms with Crippen molar-refractivity contribution in [1.82, 2.24) is 4.57 Å². The molecular weight excluding hydrogens is 406 g/mol. The number of rotatable bonds is 3. The van der Waals surface area contributed by atoms with Crippen LogP contribution in [0.4, 0.5) is 5.69 Å². The van der Waals surface area contributed by atoms with E-state index in [9.17, 15) is 14.9 Å². The standard InChI is InChI=1S/C17H10BrN3O3S/c1-2-9-20-14-8-7-13(21(23)24)10-15(14)25-17(20)19-16(22)11-3-5-12(18)6-4-11/h1,3-8,10H,9H2. The lowest BCUT2D eigenvalue weighted by Gasteiger charge is -2.00. The van der Waals surface area contributed by atoms with Crippen LogP contribution in [0.15, 0.2) is 51.9 Å². The number of hydrogen-bond acceptors (Lipinski definition) is 4. The number of terminal acetylenes is 1. The van der Waals surface area contributed by atoms with E-state index in [0.29, 0.717) is 20.6 Å². The van der Waals surface area contributed by atoms with Gasteiger partial charge in [-0.3, -0.25) is 14.9 Å². The highest BCUT2D eigenvalue weighted by Crippen LogP contribution is 2.23. The third-order valence-electron chi connectivity index (χ3n) is 3.41. The Kier molecular flexibility index (Phi) is 4.79. The van der Waals surface area contributed by atoms with E-state index in [4.69, 9.17) is 6.42 Å². The van der Waals surface area contributed by atoms with E-state index in [1.807, 2.05) is 0 Å². The summed E-state index contributed by atoms with van der Waals surface area (Å²) in [5.74, 6) is 2.12. The number of hydrogen-bond donors (Lipinski definition) is 0. The van der Waals surface area contributed by atoms with Gasteiger partial charge in [-0.1, -0.05) is 33.2 Å². The SMILES string of the molecule is C#CCn1c(=NC(=O)c2ccc(Br)cc2)sc2cc([N+](=O)[O-])ccc21. The number of benzene rings is 2. The molecule has 2 aromatic carbocycles. The molecule has 1 heterocycles. The third kappa shape index (κ3) is 3.52. The largest absolute Gasteiger partial charge is 0.305 e. The van der Waals surface area contributed by atoms with Crippen LogP contribution in [-0.4, -0.2) is 15.4 Å². The number of amides is 1. The van der Waals surface area contributed by atoms with Crippen molar-refractivity contribution in [2.75, 3.05) is 0 Å². The summed E-state index contributed by atoms with van der Waals surface area (Å²) in [5.41, 5.74) is 1.13. The van der Waals surface area contributed by atoms with Crippen LogP contribution < -0.4 is 4.80 Å². The van der Waals surface area contributed by atoms with Crippen molar-refractivity contribution in [2.24, 2.45) is 4.99 Å². The van der Waals surface area contributed by atoms with Gasteiger partial charge < -0.3 is 4.57 Å². The van der Waals surface area contributed by atoms with E-state index in [1.165, 1.54) is 23.5 Å². The summed E-state index contributed by atoms with van der Waals surface area (Å²) in [6.07, 6.45) is 5.41. The Morgan fingerprint density at radius 1 is 1.32 bits per heavy atom. The lowest BCUT2D eigenvalue weighted by atomic mass is 10.2. The normalized spacial score (nSPS) is 11.4. The van der Waals surface area contributed by atoms with Crippen molar-refractivity contribution in [1.29, 1.82) is 0 Å². The Hall–Kier alpha value is -2.76. The van der Waals surface area contributed by atoms with Crippen LogP contribution in [0.5, 0.6) is 0 Å². The second kappa shape index (κ2) is 7.01. The minimum Gasteiger partial charge on any atom is -0.305 e. The fourth-order valence-corrected chi connectivity index (χ4v) is 3.57. The van der Waals surface area contributed by atoms with Gasteiger partial charge in [-0.15, -0.1) is 6.42 Å². The molecule has 0 spiro atoms. The third-order valence-corrected chi connectivity index (χ3v) is 4.98. The van der Waals surface area contributed by atoms with Crippen LogP contribution in [0, 0.1) is 22.5 Å². The molecule has 8 heteroatoms. The molecular formula is C17H10BrN3O3S. The maximum Gasteiger partial charge on any atom is 0.279 e. The summed E-state index contributed by atoms with van der Waals surface area (Å²) in [5, 5.41) is 10.9. The Balaban J connectivity index is 2.15. The first kappa shape index (κ1) is 17.1. The van der Waals surface area contributed by atoms with Gasteiger partial charge in [-0.05, 0) is 30.3 Å². The number of aromatic nitrogens is 1. The number of thiazole rings is 1. The summed E-state index contributed by atoms with van der Waals surface area (Å²) in [4.78, 5) is 27.4. The molecule has 124 valence electrons. The topological polar surface area (TPSA) is 77.5 Å². The van der Waals surface area contributed by atoms with E-state index in [1.54, 1.807) is 34.9 Å². The number of nitro groups is 1. The molecule has 0 saturated heterocycles. The molecule has 0 aliphatic heterocycles. The quantitative estimate of drug-likeness (QED) is 0.371. The van der Waals surface area contributed by atoms with E-state index < -0.39 is 10.8 Å². The van der Waals surface area contributed by atoms with Crippen LogP contribution in [-0.2, 0) is 6.54 Å². The second-order valence-corrected chi connectivity index (χ2v) is 6.93. The lowest BCUT2D eigenvalue weighted by Crippen LogP contribution is -2.16. The molecule has 1 aromatic heterocycles. The van der Waals surface area contributed by atoms with Gasteiger partial charge in [-0.25, -0.2) is 0 Å². The molecule has 0 unspecified atom stereocenters. The Labute approximate surface area is 154 Å². The molecule has 1 amide bonds. The zero-order valence-electron chi connectivity index (χ0n) is 12.7. The first-order valence-corrected chi connectivity index (χ1v) is 8.66. The zero-order valence-corrected chi connectivity index (χ0v) is 15.1. The number of nitro benzene ring substituents is 1. The smallest absolute Gasteiger partial charge is 0.279 e. The first-order valence-electron chi connectivity index (χ1n) is 7.05. The molecule has 0 aliphatic carbocycles. The van der Waals surface area contributed by atoms with Gasteiger partial charge in [0.2, 0.25) is 0 Å². The second-order valence-electron chi connectivity index (χ2n) is 5.01. The van der Waals surface area contributed by atoms with Crippen molar-refractivity contribution >= 4 is 49.1 Å². The minimum atomic E-state index is -0.464. The molecule has 0 saturated carbocycles. The van der Waals surface area contributed by atoms with E-state index >= 15 is 0 Å². The van der Waals surface area contributed by atoms with Crippen LogP contribution in [0.2, 0.25) is 0 Å². The molecule has 0 bridgehead atoms. The lowest BCUT2D eigenvalue weighted by molar-refractivity contribution is -0.384. The number of non-ortho nitro benzene ring substituents is 1. The van der Waals surface area contributed by atoms with Gasteiger partial charge >= 0.3 is 0 Å². The molecule has 3 rings (SSSR count). The Morgan fingerprint density at radius 3 is 2.68 bits per heavy atom. The predicted molar refractivity (Wildman–Crippen MR) is 99.3 cm³/mol. The minimum absolute atomic E-state index is 0.0209. The van der Waals surface area contributed by atoms with Crippen LogP contribution in [0.1, 0.15) is 10.4 Å². The van der Waals surface area contributed by atoms with Crippen LogP contribution in [0.25, 0.3) is 10.2 Å². The first-order chi connectivity index (χ1) is 12.0. The molecule has 3 aromatic rings. The van der Waals surface area contributed by atoms with Gasteiger partial charge in [0, 0.05) is 22.2 Å². The van der Waals surface area contributed by atoms with Crippen molar-refractivity contribution in [3.63, 3.8) is 0 Å². The number of carbonyl (C=O) groups is 1. The molecule has 0 fully saturated rings. The summed E-state index contributed by atoms with van der Waals surface area (Å²) < 4.78 is 3.20. The van der Waals surface area contributed by atoms with Gasteiger partial charge in [0.05, 0.1) is 21.7 Å². The fraction of sp³-hybridized carbons (Fsp3) is 0.0588. The van der Waals surface area contributed by atoms with Gasteiger partial charge in [0.1, 0.15) is 0 Å². The monoisotopic (exact) mass is 415 g/mol. The number of fused-ring (bicyclic) bond motifs is 1. The molecule has 6 nitrogen and oxygen atoms in total. The fourth-order valence-electron chi connectivity index (χ4n) is 2.25. The van der Waals surface area contributed by atoms with Crippen molar-refractivity contribution in [3.05, 3.63) is 67.4 Å². The molecule has 0 atom stereocenters. The average molecular weight is 416 g/mol. The number of halogens is 1. The molecule has 25 heavy (non-hydrogen) atoms. The van der Waals surface area contributed by atoms with Gasteiger partial charge in [0.25, 0.3) is 11.6 Å². The Morgan fingerprint density at radius 2 is 2.04 bits per heavy atom. The van der Waals surface area contributed by atoms with E-state index in [-0.39, 0.29) is 12.2 Å². The number of carbonyl (C=O) groups excluding carboxylic acids is 1. The van der Waals surface area contributed by atoms with Crippen LogP contribution >= 0.6 is 27.3 Å². The maximum atomic E-state index is 12.4. The average Bonchev–Trinajstić information content (AvgIpc) is 2.92. The van der Waals surface area contributed by atoms with E-state index in [0.717, 1.165) is 4.47 Å². The molecule has 0 aliphatic rings. The predicted octanol–water partition coefficient (Wildman–Crippen LogP) is 3.75. The highest BCUT2D eigenvalue weighted by molar-refractivity contribution is 9.10. The van der Waals surface area contributed by atoms with Crippen molar-refractivity contribution in [3.8, 4) is 12.3 Å². The van der Waals surface area contributed by atoms with Crippen molar-refractivity contribution in [2.45, 2.75) is 6.54 Å². The summed E-state index contributed by atoms with van der Waals surface area (Å²) in [6, 6.07) is 11.3. The maximum absolute atomic E-state index is 12.4. The summed E-state index contributed by atoms with van der Waals surface area (Å²) in [7, 11) is 0. The summed E-state index contributed by atoms with van der Waals surface area (Å²) in [6.45, 7) is 0.213. The highest BCUT2D eigenvalue weighted by atomic mass is 79.9. The van der Waals surface area contributed by atoms with Crippen molar-refractivity contribution < 1.29 is 9.72 Å². The van der Waals surface area contributed by atoms with E-state index in [2.05, 4.69) is 26.8 Å². The van der Waals surface area contributed by atoms with Gasteiger partial charge in [0.15, 0.2) is 4.80 Å². The molecule has 0 radical (unpaired) electrons. The zero-order chi connectivity index (χ0) is 18.0.